The van der Waals surface area contributed by atoms with Crippen LogP contribution in [0.15, 0.2) is 27.8 Å². The van der Waals surface area contributed by atoms with Crippen LogP contribution in [0.5, 0.6) is 0 Å². The average molecular weight is 487 g/mol. The van der Waals surface area contributed by atoms with Crippen molar-refractivity contribution in [2.45, 2.75) is 45.3 Å². The number of nitrogens with zero attached hydrogens (tertiary/aromatic N) is 6. The second kappa shape index (κ2) is 8.03. The molecule has 5 rings (SSSR count). The Morgan fingerprint density at radius 2 is 1.69 bits per heavy atom. The van der Waals surface area contributed by atoms with Crippen molar-refractivity contribution in [1.29, 1.82) is 0 Å². The van der Waals surface area contributed by atoms with Gasteiger partial charge >= 0.3 is 11.8 Å². The standard InChI is InChI=1S/C24H31FN6O4/c1-24(2,3)35-23(34)28-10-8-27(9-11-28)17-13-19-18(12-16(17)25)30-20(29(19)15-6-7-15)14-21(32)31(22(30)33)26(4)5/h12-15H,6-11H2,1-5H3. The highest BCUT2D eigenvalue weighted by Gasteiger charge is 2.31. The Morgan fingerprint density at radius 1 is 1.03 bits per heavy atom. The predicted molar refractivity (Wildman–Crippen MR) is 132 cm³/mol. The number of fused-ring (bicyclic) bond motifs is 3. The van der Waals surface area contributed by atoms with Gasteiger partial charge in [0.15, 0.2) is 0 Å². The third kappa shape index (κ3) is 4.02. The molecule has 1 saturated carbocycles. The molecule has 11 heteroatoms. The number of benzene rings is 1. The first-order valence-electron chi connectivity index (χ1n) is 11.9. The first-order chi connectivity index (χ1) is 16.5. The van der Waals surface area contributed by atoms with Gasteiger partial charge in [0, 0.05) is 58.4 Å². The van der Waals surface area contributed by atoms with E-state index in [9.17, 15) is 14.4 Å². The van der Waals surface area contributed by atoms with E-state index in [4.69, 9.17) is 4.74 Å². The lowest BCUT2D eigenvalue weighted by atomic mass is 10.2. The number of anilines is 1. The molecule has 1 aliphatic heterocycles. The quantitative estimate of drug-likeness (QED) is 0.564. The summed E-state index contributed by atoms with van der Waals surface area (Å²) in [5, 5.41) is 1.42. The van der Waals surface area contributed by atoms with Crippen LogP contribution in [-0.4, -0.2) is 70.5 Å². The SMILES string of the molecule is CN(C)n1c(=O)cc2n(C3CC3)c3cc(N4CCN(C(=O)OC(C)(C)C)CC4)c(F)cc3n2c1=O. The Kier molecular flexibility index (Phi) is 5.33. The molecule has 0 unspecified atom stereocenters. The normalized spacial score (nSPS) is 16.9. The van der Waals surface area contributed by atoms with Gasteiger partial charge in [-0.3, -0.25) is 4.79 Å². The molecular formula is C24H31FN6O4. The molecule has 1 aromatic carbocycles. The first kappa shape index (κ1) is 23.3. The molecule has 35 heavy (non-hydrogen) atoms. The lowest BCUT2D eigenvalue weighted by molar-refractivity contribution is 0.0240. The fourth-order valence-corrected chi connectivity index (χ4v) is 4.75. The molecule has 0 atom stereocenters. The molecule has 0 bridgehead atoms. The average Bonchev–Trinajstić information content (AvgIpc) is 3.54. The van der Waals surface area contributed by atoms with Gasteiger partial charge < -0.3 is 24.1 Å². The van der Waals surface area contributed by atoms with Gasteiger partial charge in [-0.15, -0.1) is 0 Å². The number of hydrogen-bond acceptors (Lipinski definition) is 6. The zero-order valence-corrected chi connectivity index (χ0v) is 20.7. The van der Waals surface area contributed by atoms with Crippen LogP contribution < -0.4 is 21.2 Å². The molecule has 2 aromatic heterocycles. The summed E-state index contributed by atoms with van der Waals surface area (Å²) in [7, 11) is 3.23. The van der Waals surface area contributed by atoms with E-state index in [0.29, 0.717) is 48.5 Å². The number of rotatable bonds is 3. The number of carbonyl (C=O) groups excluding carboxylic acids is 1. The molecular weight excluding hydrogens is 455 g/mol. The highest BCUT2D eigenvalue weighted by atomic mass is 19.1. The fourth-order valence-electron chi connectivity index (χ4n) is 4.75. The van der Waals surface area contributed by atoms with E-state index in [2.05, 4.69) is 0 Å². The summed E-state index contributed by atoms with van der Waals surface area (Å²) in [6, 6.07) is 4.75. The largest absolute Gasteiger partial charge is 0.444 e. The van der Waals surface area contributed by atoms with E-state index >= 15 is 4.39 Å². The smallest absolute Gasteiger partial charge is 0.410 e. The lowest BCUT2D eigenvalue weighted by Crippen LogP contribution is -2.50. The molecule has 188 valence electrons. The fraction of sp³-hybridized carbons (Fsp3) is 0.542. The van der Waals surface area contributed by atoms with Gasteiger partial charge in [0.25, 0.3) is 5.56 Å². The van der Waals surface area contributed by atoms with Crippen LogP contribution >= 0.6 is 0 Å². The molecule has 0 radical (unpaired) electrons. The van der Waals surface area contributed by atoms with Gasteiger partial charge in [-0.2, -0.15) is 4.68 Å². The highest BCUT2D eigenvalue weighted by molar-refractivity contribution is 5.86. The summed E-state index contributed by atoms with van der Waals surface area (Å²) in [6.45, 7) is 7.22. The molecule has 1 saturated heterocycles. The summed E-state index contributed by atoms with van der Waals surface area (Å²) in [4.78, 5) is 41.9. The monoisotopic (exact) mass is 486 g/mol. The summed E-state index contributed by atoms with van der Waals surface area (Å²) in [5.74, 6) is -0.451. The second-order valence-electron chi connectivity index (χ2n) is 10.5. The summed E-state index contributed by atoms with van der Waals surface area (Å²) >= 11 is 0. The maximum Gasteiger partial charge on any atom is 0.410 e. The van der Waals surface area contributed by atoms with Gasteiger partial charge in [-0.05, 0) is 39.7 Å². The number of ether oxygens (including phenoxy) is 1. The number of amides is 1. The van der Waals surface area contributed by atoms with Crippen molar-refractivity contribution in [3.8, 4) is 0 Å². The van der Waals surface area contributed by atoms with Crippen LogP contribution in [-0.2, 0) is 4.74 Å². The van der Waals surface area contributed by atoms with Crippen molar-refractivity contribution < 1.29 is 13.9 Å². The molecule has 1 aliphatic carbocycles. The van der Waals surface area contributed by atoms with E-state index in [1.165, 1.54) is 21.5 Å². The Bertz CT molecular complexity index is 1430. The number of piperazine rings is 1. The van der Waals surface area contributed by atoms with Crippen molar-refractivity contribution in [2.75, 3.05) is 50.2 Å². The second-order valence-corrected chi connectivity index (χ2v) is 10.5. The van der Waals surface area contributed by atoms with E-state index in [1.54, 1.807) is 25.1 Å². The zero-order chi connectivity index (χ0) is 25.2. The van der Waals surface area contributed by atoms with Crippen LogP contribution in [0.25, 0.3) is 16.7 Å². The van der Waals surface area contributed by atoms with E-state index < -0.39 is 22.7 Å². The van der Waals surface area contributed by atoms with Gasteiger partial charge in [-0.1, -0.05) is 0 Å². The number of carbonyl (C=O) groups is 1. The predicted octanol–water partition coefficient (Wildman–Crippen LogP) is 2.14. The first-order valence-corrected chi connectivity index (χ1v) is 11.9. The third-order valence-electron chi connectivity index (χ3n) is 6.44. The molecule has 1 amide bonds. The Morgan fingerprint density at radius 3 is 2.26 bits per heavy atom. The van der Waals surface area contributed by atoms with E-state index in [0.717, 1.165) is 17.5 Å². The summed E-state index contributed by atoms with van der Waals surface area (Å²) in [6.07, 6.45) is 1.50. The minimum Gasteiger partial charge on any atom is -0.444 e. The molecule has 3 aromatic rings. The van der Waals surface area contributed by atoms with Crippen LogP contribution in [0.3, 0.4) is 0 Å². The maximum atomic E-state index is 15.5. The zero-order valence-electron chi connectivity index (χ0n) is 20.7. The van der Waals surface area contributed by atoms with Gasteiger partial charge in [-0.25, -0.2) is 18.4 Å². The number of imidazole rings is 1. The molecule has 2 fully saturated rings. The van der Waals surface area contributed by atoms with E-state index in [-0.39, 0.29) is 12.1 Å². The third-order valence-corrected chi connectivity index (χ3v) is 6.44. The number of halogens is 1. The topological polar surface area (TPSA) is 84.4 Å². The van der Waals surface area contributed by atoms with Gasteiger partial charge in [0.1, 0.15) is 17.1 Å². The summed E-state index contributed by atoms with van der Waals surface area (Å²) in [5.41, 5.74) is 0.508. The molecule has 2 aliphatic rings. The van der Waals surface area contributed by atoms with Crippen LogP contribution in [0.2, 0.25) is 0 Å². The Labute approximate surface area is 201 Å². The van der Waals surface area contributed by atoms with Crippen molar-refractivity contribution in [3.63, 3.8) is 0 Å². The van der Waals surface area contributed by atoms with E-state index in [1.807, 2.05) is 30.2 Å². The van der Waals surface area contributed by atoms with Gasteiger partial charge in [0.2, 0.25) is 0 Å². The van der Waals surface area contributed by atoms with Crippen LogP contribution in [0.4, 0.5) is 14.9 Å². The van der Waals surface area contributed by atoms with Crippen molar-refractivity contribution in [2.24, 2.45) is 0 Å². The Hall–Kier alpha value is -3.50. The number of aromatic nitrogens is 3. The van der Waals surface area contributed by atoms with Crippen LogP contribution in [0.1, 0.15) is 39.7 Å². The summed E-state index contributed by atoms with van der Waals surface area (Å²) < 4.78 is 25.3. The minimum absolute atomic E-state index is 0.166. The lowest BCUT2D eigenvalue weighted by Gasteiger charge is -2.36. The molecule has 3 heterocycles. The van der Waals surface area contributed by atoms with Crippen molar-refractivity contribution >= 4 is 28.5 Å². The van der Waals surface area contributed by atoms with Crippen LogP contribution in [0, 0.1) is 5.82 Å². The molecule has 0 N–H and O–H groups in total. The number of hydrogen-bond donors (Lipinski definition) is 0. The minimum atomic E-state index is -0.575. The van der Waals surface area contributed by atoms with Crippen molar-refractivity contribution in [3.05, 3.63) is 44.9 Å². The maximum absolute atomic E-state index is 15.5. The van der Waals surface area contributed by atoms with Gasteiger partial charge in [0.05, 0.1) is 16.7 Å². The highest BCUT2D eigenvalue weighted by Crippen LogP contribution is 2.40. The van der Waals surface area contributed by atoms with Crippen molar-refractivity contribution in [1.82, 2.24) is 18.5 Å². The molecule has 10 nitrogen and oxygen atoms in total. The Balaban J connectivity index is 1.55. The molecule has 0 spiro atoms.